The zero-order valence-corrected chi connectivity index (χ0v) is 24.1. The number of likely N-dealkylation sites (tertiary alicyclic amines) is 1. The highest BCUT2D eigenvalue weighted by Gasteiger charge is 2.33. The number of nitrogens with one attached hydrogen (secondary N) is 1. The first-order valence-corrected chi connectivity index (χ1v) is 14.5. The molecule has 0 radical (unpaired) electrons. The Balaban J connectivity index is 1.99. The number of aromatic carboxylic acids is 1. The number of carbonyl (C=O) groups is 2. The maximum absolute atomic E-state index is 14.3. The molecule has 0 saturated carbocycles. The Kier molecular flexibility index (Phi) is 9.60. The molecule has 1 fully saturated rings. The van der Waals surface area contributed by atoms with Crippen LogP contribution in [0.4, 0.5) is 10.1 Å². The van der Waals surface area contributed by atoms with Gasteiger partial charge in [0.2, 0.25) is 5.91 Å². The van der Waals surface area contributed by atoms with Crippen molar-refractivity contribution in [2.24, 2.45) is 5.92 Å². The molecule has 11 heteroatoms. The molecule has 9 nitrogen and oxygen atoms in total. The maximum atomic E-state index is 14.3. The fourth-order valence-electron chi connectivity index (χ4n) is 5.04. The van der Waals surface area contributed by atoms with Gasteiger partial charge in [0.1, 0.15) is 17.1 Å². The number of hydrogen-bond acceptors (Lipinski definition) is 6. The van der Waals surface area contributed by atoms with Crippen LogP contribution in [0, 0.1) is 11.7 Å². The number of methoxy groups -OCH3 is 1. The maximum Gasteiger partial charge on any atom is 0.341 e. The molecule has 0 aromatic heterocycles. The summed E-state index contributed by atoms with van der Waals surface area (Å²) in [6, 6.07) is 5.96. The lowest BCUT2D eigenvalue weighted by molar-refractivity contribution is -0.135. The number of carbonyl (C=O) groups excluding carboxylic acids is 1. The number of halogens is 1. The number of hydrogen-bond donors (Lipinski definition) is 2. The minimum absolute atomic E-state index is 0.0519. The lowest BCUT2D eigenvalue weighted by Gasteiger charge is -2.27. The number of anilines is 1. The SMILES string of the molecule is CCN1CCCC1C(=O)N(C)Cc1cc(F)ccc1S(=O)(=O)Nc1ccc(C(C)C(C)C)c(OC)c1C(=O)O. The van der Waals surface area contributed by atoms with Gasteiger partial charge in [0.25, 0.3) is 10.0 Å². The quantitative estimate of drug-likeness (QED) is 0.413. The van der Waals surface area contributed by atoms with E-state index in [1.165, 1.54) is 18.1 Å². The summed E-state index contributed by atoms with van der Waals surface area (Å²) in [5, 5.41) is 9.99. The van der Waals surface area contributed by atoms with Crippen molar-refractivity contribution in [2.75, 3.05) is 32.0 Å². The zero-order valence-electron chi connectivity index (χ0n) is 23.3. The largest absolute Gasteiger partial charge is 0.495 e. The van der Waals surface area contributed by atoms with E-state index in [0.717, 1.165) is 37.7 Å². The Labute approximate surface area is 230 Å². The summed E-state index contributed by atoms with van der Waals surface area (Å²) in [6.07, 6.45) is 1.60. The van der Waals surface area contributed by atoms with Crippen LogP contribution in [0.2, 0.25) is 0 Å². The molecule has 1 aliphatic heterocycles. The lowest BCUT2D eigenvalue weighted by atomic mass is 9.88. The van der Waals surface area contributed by atoms with Gasteiger partial charge in [-0.1, -0.05) is 33.8 Å². The Morgan fingerprint density at radius 2 is 1.92 bits per heavy atom. The van der Waals surface area contributed by atoms with Gasteiger partial charge < -0.3 is 14.7 Å². The van der Waals surface area contributed by atoms with Crippen LogP contribution >= 0.6 is 0 Å². The van der Waals surface area contributed by atoms with Crippen LogP contribution in [0.3, 0.4) is 0 Å². The first-order chi connectivity index (χ1) is 18.3. The summed E-state index contributed by atoms with van der Waals surface area (Å²) in [5.74, 6) is -1.97. The second kappa shape index (κ2) is 12.3. The number of likely N-dealkylation sites (N-methyl/N-ethyl adjacent to an activating group) is 2. The summed E-state index contributed by atoms with van der Waals surface area (Å²) in [7, 11) is -1.48. The zero-order chi connectivity index (χ0) is 29.1. The predicted molar refractivity (Wildman–Crippen MR) is 147 cm³/mol. The van der Waals surface area contributed by atoms with Gasteiger partial charge in [-0.25, -0.2) is 17.6 Å². The smallest absolute Gasteiger partial charge is 0.341 e. The molecule has 1 aliphatic rings. The topological polar surface area (TPSA) is 116 Å². The molecule has 0 spiro atoms. The summed E-state index contributed by atoms with van der Waals surface area (Å²) in [5.41, 5.74) is 0.225. The van der Waals surface area contributed by atoms with Crippen molar-refractivity contribution >= 4 is 27.6 Å². The third kappa shape index (κ3) is 6.52. The van der Waals surface area contributed by atoms with E-state index in [1.54, 1.807) is 13.1 Å². The van der Waals surface area contributed by atoms with Crippen molar-refractivity contribution in [3.8, 4) is 5.75 Å². The molecule has 2 aromatic carbocycles. The Morgan fingerprint density at radius 1 is 1.23 bits per heavy atom. The molecule has 2 atom stereocenters. The minimum atomic E-state index is -4.38. The van der Waals surface area contributed by atoms with Crippen molar-refractivity contribution in [3.63, 3.8) is 0 Å². The molecule has 1 saturated heterocycles. The van der Waals surface area contributed by atoms with Crippen LogP contribution < -0.4 is 9.46 Å². The molecule has 0 aliphatic carbocycles. The fraction of sp³-hybridized carbons (Fsp3) is 0.500. The molecule has 1 amide bonds. The molecule has 0 bridgehead atoms. The van der Waals surface area contributed by atoms with Crippen molar-refractivity contribution in [1.82, 2.24) is 9.80 Å². The monoisotopic (exact) mass is 563 g/mol. The molecule has 3 rings (SSSR count). The number of sulfonamides is 1. The van der Waals surface area contributed by atoms with E-state index < -0.39 is 21.8 Å². The number of nitrogens with zero attached hydrogens (tertiary/aromatic N) is 2. The van der Waals surface area contributed by atoms with Crippen molar-refractivity contribution in [3.05, 3.63) is 52.8 Å². The summed E-state index contributed by atoms with van der Waals surface area (Å²) in [4.78, 5) is 28.6. The van der Waals surface area contributed by atoms with Crippen LogP contribution in [0.25, 0.3) is 0 Å². The molecular formula is C28H38FN3O6S. The van der Waals surface area contributed by atoms with Gasteiger partial charge in [0.15, 0.2) is 0 Å². The number of amides is 1. The van der Waals surface area contributed by atoms with Gasteiger partial charge in [-0.3, -0.25) is 14.4 Å². The van der Waals surface area contributed by atoms with E-state index in [9.17, 15) is 27.5 Å². The number of rotatable bonds is 11. The van der Waals surface area contributed by atoms with Crippen LogP contribution in [0.1, 0.15) is 67.9 Å². The molecule has 39 heavy (non-hydrogen) atoms. The molecule has 2 unspecified atom stereocenters. The van der Waals surface area contributed by atoms with E-state index in [4.69, 9.17) is 4.74 Å². The third-order valence-corrected chi connectivity index (χ3v) is 8.96. The van der Waals surface area contributed by atoms with Gasteiger partial charge in [0, 0.05) is 13.6 Å². The van der Waals surface area contributed by atoms with Gasteiger partial charge in [-0.05, 0) is 73.2 Å². The van der Waals surface area contributed by atoms with Crippen molar-refractivity contribution in [2.45, 2.75) is 63.9 Å². The van der Waals surface area contributed by atoms with E-state index >= 15 is 0 Å². The van der Waals surface area contributed by atoms with Crippen LogP contribution in [0.5, 0.6) is 5.75 Å². The first kappa shape index (κ1) is 30.4. The van der Waals surface area contributed by atoms with E-state index in [2.05, 4.69) is 9.62 Å². The lowest BCUT2D eigenvalue weighted by Crippen LogP contribution is -2.43. The van der Waals surface area contributed by atoms with E-state index in [0.29, 0.717) is 12.0 Å². The third-order valence-electron chi connectivity index (χ3n) is 7.49. The van der Waals surface area contributed by atoms with E-state index in [1.807, 2.05) is 27.7 Å². The highest BCUT2D eigenvalue weighted by molar-refractivity contribution is 7.92. The minimum Gasteiger partial charge on any atom is -0.495 e. The standard InChI is InChI=1S/C28H38FN3O6S/c1-7-32-14-8-9-23(32)27(33)31(5)16-19-15-20(29)10-13-24(19)39(36,37)30-22-12-11-21(18(4)17(2)3)26(38-6)25(22)28(34)35/h10-13,15,17-18,23,30H,7-9,14,16H2,1-6H3,(H,34,35). The van der Waals surface area contributed by atoms with Crippen LogP contribution in [-0.2, 0) is 21.4 Å². The van der Waals surface area contributed by atoms with Gasteiger partial charge in [0.05, 0.1) is 23.7 Å². The molecule has 2 N–H and O–H groups in total. The Bertz CT molecular complexity index is 1330. The Hall–Kier alpha value is -3.18. The molecule has 2 aromatic rings. The van der Waals surface area contributed by atoms with Crippen LogP contribution in [-0.4, -0.2) is 68.5 Å². The highest BCUT2D eigenvalue weighted by Crippen LogP contribution is 2.38. The second-order valence-corrected chi connectivity index (χ2v) is 11.9. The first-order valence-electron chi connectivity index (χ1n) is 13.1. The molecule has 1 heterocycles. The average molecular weight is 564 g/mol. The fourth-order valence-corrected chi connectivity index (χ4v) is 6.32. The highest BCUT2D eigenvalue weighted by atomic mass is 32.2. The van der Waals surface area contributed by atoms with Crippen molar-refractivity contribution < 1.29 is 32.2 Å². The second-order valence-electron chi connectivity index (χ2n) is 10.3. The summed E-state index contributed by atoms with van der Waals surface area (Å²) < 4.78 is 49.2. The number of carboxylic acid groups (broad SMARTS) is 1. The molecular weight excluding hydrogens is 525 g/mol. The normalized spacial score (nSPS) is 16.8. The number of carboxylic acids is 1. The predicted octanol–water partition coefficient (Wildman–Crippen LogP) is 4.54. The molecule has 214 valence electrons. The number of benzene rings is 2. The van der Waals surface area contributed by atoms with Gasteiger partial charge >= 0.3 is 5.97 Å². The van der Waals surface area contributed by atoms with Crippen molar-refractivity contribution in [1.29, 1.82) is 0 Å². The van der Waals surface area contributed by atoms with E-state index in [-0.39, 0.29) is 57.8 Å². The summed E-state index contributed by atoms with van der Waals surface area (Å²) in [6.45, 7) is 9.29. The van der Waals surface area contributed by atoms with Gasteiger partial charge in [-0.2, -0.15) is 0 Å². The summed E-state index contributed by atoms with van der Waals surface area (Å²) >= 11 is 0. The number of ether oxygens (including phenoxy) is 1. The van der Waals surface area contributed by atoms with Gasteiger partial charge in [-0.15, -0.1) is 0 Å². The van der Waals surface area contributed by atoms with Crippen LogP contribution in [0.15, 0.2) is 35.2 Å². The Morgan fingerprint density at radius 3 is 2.51 bits per heavy atom. The average Bonchev–Trinajstić information content (AvgIpc) is 3.35.